The van der Waals surface area contributed by atoms with Gasteiger partial charge in [0.05, 0.1) is 0 Å². The number of benzene rings is 1. The van der Waals surface area contributed by atoms with Crippen molar-refractivity contribution >= 4 is 27.5 Å². The number of aryl methyl sites for hydroxylation is 2. The summed E-state index contributed by atoms with van der Waals surface area (Å²) in [6, 6.07) is 6.06. The van der Waals surface area contributed by atoms with Crippen molar-refractivity contribution in [2.24, 2.45) is 0 Å². The zero-order valence-electron chi connectivity index (χ0n) is 11.5. The fraction of sp³-hybridized carbons (Fsp3) is 0.333. The van der Waals surface area contributed by atoms with Gasteiger partial charge in [0.15, 0.2) is 5.82 Å². The molecule has 2 aromatic rings. The third kappa shape index (κ3) is 2.98. The highest BCUT2D eigenvalue weighted by atomic mass is 79.9. The molecule has 2 rings (SSSR count). The van der Waals surface area contributed by atoms with Crippen LogP contribution in [0.5, 0.6) is 0 Å². The first-order valence-corrected chi connectivity index (χ1v) is 7.37. The number of rotatable bonds is 2. The average Bonchev–Trinajstić information content (AvgIpc) is 2.31. The van der Waals surface area contributed by atoms with E-state index in [0.29, 0.717) is 16.9 Å². The van der Waals surface area contributed by atoms with Gasteiger partial charge in [-0.3, -0.25) is 0 Å². The van der Waals surface area contributed by atoms with Gasteiger partial charge in [-0.05, 0) is 37.5 Å². The van der Waals surface area contributed by atoms with Crippen LogP contribution in [-0.2, 0) is 0 Å². The fourth-order valence-corrected chi connectivity index (χ4v) is 2.80. The molecule has 0 unspecified atom stereocenters. The molecule has 0 bridgehead atoms. The molecule has 0 saturated carbocycles. The van der Waals surface area contributed by atoms with Gasteiger partial charge >= 0.3 is 0 Å². The van der Waals surface area contributed by atoms with Gasteiger partial charge in [0, 0.05) is 21.3 Å². The smallest absolute Gasteiger partial charge is 0.161 e. The lowest BCUT2D eigenvalue weighted by Gasteiger charge is -2.12. The molecule has 0 N–H and O–H groups in total. The van der Waals surface area contributed by atoms with Crippen molar-refractivity contribution in [2.45, 2.75) is 33.6 Å². The second-order valence-electron chi connectivity index (χ2n) is 4.96. The van der Waals surface area contributed by atoms with E-state index < -0.39 is 0 Å². The van der Waals surface area contributed by atoms with Gasteiger partial charge in [-0.1, -0.05) is 47.4 Å². The van der Waals surface area contributed by atoms with Gasteiger partial charge < -0.3 is 0 Å². The second-order valence-corrected chi connectivity index (χ2v) is 6.17. The number of aromatic nitrogens is 2. The van der Waals surface area contributed by atoms with Crippen LogP contribution in [0.1, 0.15) is 36.6 Å². The normalized spacial score (nSPS) is 11.1. The van der Waals surface area contributed by atoms with Crippen molar-refractivity contribution in [3.8, 4) is 11.4 Å². The number of nitrogens with zero attached hydrogens (tertiary/aromatic N) is 2. The molecule has 100 valence electrons. The summed E-state index contributed by atoms with van der Waals surface area (Å²) in [5.74, 6) is 1.01. The Labute approximate surface area is 127 Å². The van der Waals surface area contributed by atoms with E-state index >= 15 is 0 Å². The van der Waals surface area contributed by atoms with Crippen molar-refractivity contribution in [3.05, 3.63) is 44.6 Å². The Balaban J connectivity index is 2.55. The quantitative estimate of drug-likeness (QED) is 0.694. The predicted octanol–water partition coefficient (Wildman–Crippen LogP) is 5.30. The molecule has 0 aliphatic carbocycles. The van der Waals surface area contributed by atoms with E-state index in [2.05, 4.69) is 45.8 Å². The monoisotopic (exact) mass is 338 g/mol. The van der Waals surface area contributed by atoms with Gasteiger partial charge in [-0.15, -0.1) is 0 Å². The lowest BCUT2D eigenvalue weighted by atomic mass is 10.0. The van der Waals surface area contributed by atoms with Crippen molar-refractivity contribution in [1.82, 2.24) is 9.97 Å². The molecule has 19 heavy (non-hydrogen) atoms. The fourth-order valence-electron chi connectivity index (χ4n) is 2.12. The lowest BCUT2D eigenvalue weighted by molar-refractivity contribution is 0.831. The highest BCUT2D eigenvalue weighted by molar-refractivity contribution is 9.10. The Morgan fingerprint density at radius 3 is 2.37 bits per heavy atom. The van der Waals surface area contributed by atoms with Gasteiger partial charge in [-0.25, -0.2) is 9.97 Å². The molecule has 1 aromatic carbocycles. The third-order valence-electron chi connectivity index (χ3n) is 3.08. The van der Waals surface area contributed by atoms with Crippen LogP contribution in [0, 0.1) is 13.8 Å². The molecular weight excluding hydrogens is 324 g/mol. The zero-order chi connectivity index (χ0) is 14.2. The molecular formula is C15H16BrClN2. The van der Waals surface area contributed by atoms with Crippen molar-refractivity contribution < 1.29 is 0 Å². The summed E-state index contributed by atoms with van der Waals surface area (Å²) in [5.41, 5.74) is 4.12. The van der Waals surface area contributed by atoms with E-state index in [4.69, 9.17) is 11.6 Å². The van der Waals surface area contributed by atoms with Gasteiger partial charge in [-0.2, -0.15) is 0 Å². The van der Waals surface area contributed by atoms with E-state index in [1.165, 1.54) is 0 Å². The summed E-state index contributed by atoms with van der Waals surface area (Å²) in [4.78, 5) is 9.02. The molecule has 1 heterocycles. The van der Waals surface area contributed by atoms with Crippen LogP contribution in [-0.4, -0.2) is 9.97 Å². The van der Waals surface area contributed by atoms with Crippen LogP contribution in [0.2, 0.25) is 5.15 Å². The van der Waals surface area contributed by atoms with E-state index in [9.17, 15) is 0 Å². The Kier molecular flexibility index (Phi) is 4.26. The van der Waals surface area contributed by atoms with Gasteiger partial charge in [0.1, 0.15) is 5.15 Å². The van der Waals surface area contributed by atoms with Crippen LogP contribution in [0.4, 0.5) is 0 Å². The van der Waals surface area contributed by atoms with Gasteiger partial charge in [0.25, 0.3) is 0 Å². The minimum Gasteiger partial charge on any atom is -0.233 e. The Bertz CT molecular complexity index is 601. The summed E-state index contributed by atoms with van der Waals surface area (Å²) < 4.78 is 1.08. The SMILES string of the molecule is Cc1cc(-c2nc(C)c(C(C)C)c(Cl)n2)ccc1Br. The summed E-state index contributed by atoms with van der Waals surface area (Å²) in [6.45, 7) is 8.23. The van der Waals surface area contributed by atoms with E-state index in [1.54, 1.807) is 0 Å². The highest BCUT2D eigenvalue weighted by Crippen LogP contribution is 2.29. The molecule has 0 aliphatic heterocycles. The molecule has 0 amide bonds. The Morgan fingerprint density at radius 2 is 1.84 bits per heavy atom. The first-order chi connectivity index (χ1) is 8.90. The molecule has 0 spiro atoms. The first-order valence-electron chi connectivity index (χ1n) is 6.20. The molecule has 0 atom stereocenters. The summed E-state index contributed by atoms with van der Waals surface area (Å²) in [7, 11) is 0. The number of halogens is 2. The molecule has 2 nitrogen and oxygen atoms in total. The standard InChI is InChI=1S/C15H16BrClN2/c1-8(2)13-10(4)18-15(19-14(13)17)11-5-6-12(16)9(3)7-11/h5-8H,1-4H3. The van der Waals surface area contributed by atoms with Crippen molar-refractivity contribution in [3.63, 3.8) is 0 Å². The third-order valence-corrected chi connectivity index (χ3v) is 4.26. The second kappa shape index (κ2) is 5.59. The molecule has 0 saturated heterocycles. The lowest BCUT2D eigenvalue weighted by Crippen LogP contribution is -2.02. The predicted molar refractivity (Wildman–Crippen MR) is 83.7 cm³/mol. The molecule has 1 aromatic heterocycles. The average molecular weight is 340 g/mol. The van der Waals surface area contributed by atoms with Crippen molar-refractivity contribution in [1.29, 1.82) is 0 Å². The Morgan fingerprint density at radius 1 is 1.16 bits per heavy atom. The van der Waals surface area contributed by atoms with E-state index in [1.807, 2.05) is 26.0 Å². The van der Waals surface area contributed by atoms with Gasteiger partial charge in [0.2, 0.25) is 0 Å². The maximum atomic E-state index is 6.29. The Hall–Kier alpha value is -0.930. The summed E-state index contributed by atoms with van der Waals surface area (Å²) in [6.07, 6.45) is 0. The van der Waals surface area contributed by atoms with Crippen LogP contribution in [0.3, 0.4) is 0 Å². The maximum Gasteiger partial charge on any atom is 0.161 e. The zero-order valence-corrected chi connectivity index (χ0v) is 13.8. The largest absolute Gasteiger partial charge is 0.233 e. The van der Waals surface area contributed by atoms with E-state index in [0.717, 1.165) is 26.9 Å². The van der Waals surface area contributed by atoms with Crippen molar-refractivity contribution in [2.75, 3.05) is 0 Å². The topological polar surface area (TPSA) is 25.8 Å². The molecule has 0 radical (unpaired) electrons. The minimum absolute atomic E-state index is 0.327. The van der Waals surface area contributed by atoms with Crippen LogP contribution in [0.15, 0.2) is 22.7 Å². The van der Waals surface area contributed by atoms with Crippen LogP contribution < -0.4 is 0 Å². The van der Waals surface area contributed by atoms with E-state index in [-0.39, 0.29) is 0 Å². The summed E-state index contributed by atoms with van der Waals surface area (Å²) in [5, 5.41) is 0.554. The number of hydrogen-bond donors (Lipinski definition) is 0. The minimum atomic E-state index is 0.327. The first kappa shape index (κ1) is 14.5. The van der Waals surface area contributed by atoms with Crippen LogP contribution >= 0.6 is 27.5 Å². The van der Waals surface area contributed by atoms with Crippen LogP contribution in [0.25, 0.3) is 11.4 Å². The molecule has 0 aliphatic rings. The highest BCUT2D eigenvalue weighted by Gasteiger charge is 2.14. The summed E-state index contributed by atoms with van der Waals surface area (Å²) >= 11 is 9.78. The number of hydrogen-bond acceptors (Lipinski definition) is 2. The molecule has 4 heteroatoms. The maximum absolute atomic E-state index is 6.29. The molecule has 0 fully saturated rings.